The number of aliphatic hydroxyl groups is 3. The second-order valence-corrected chi connectivity index (χ2v) is 2.43. The molecule has 3 N–H and O–H groups in total. The van der Waals surface area contributed by atoms with Crippen LogP contribution >= 0.6 is 0 Å². The fourth-order valence-corrected chi connectivity index (χ4v) is 0.982. The van der Waals surface area contributed by atoms with Crippen molar-refractivity contribution in [1.29, 1.82) is 0 Å². The highest BCUT2D eigenvalue weighted by Gasteiger charge is 2.26. The average molecular weight is 194 g/mol. The van der Waals surface area contributed by atoms with Gasteiger partial charge < -0.3 is 15.3 Å². The van der Waals surface area contributed by atoms with Crippen LogP contribution < -0.4 is 0 Å². The maximum Gasteiger partial charge on any atom is 0.291 e. The third kappa shape index (κ3) is 4.13. The van der Waals surface area contributed by atoms with Crippen LogP contribution in [0.3, 0.4) is 0 Å². The number of nitro groups is 1. The molecule has 0 aliphatic carbocycles. The molecule has 7 heteroatoms. The molecule has 0 bridgehead atoms. The van der Waals surface area contributed by atoms with Crippen LogP contribution in [0, 0.1) is 10.1 Å². The highest BCUT2D eigenvalue weighted by molar-refractivity contribution is 4.60. The van der Waals surface area contributed by atoms with Crippen LogP contribution in [-0.4, -0.2) is 64.2 Å². The van der Waals surface area contributed by atoms with Gasteiger partial charge >= 0.3 is 0 Å². The molecule has 0 aromatic rings. The second kappa shape index (κ2) is 6.72. The Bertz CT molecular complexity index is 148. The lowest BCUT2D eigenvalue weighted by Crippen LogP contribution is -2.46. The van der Waals surface area contributed by atoms with E-state index in [1.165, 1.54) is 4.90 Å². The standard InChI is InChI=1S/C6H14N2O5/c9-3-1-7(2-4-10)6(5-11)8(12)13/h6,9-11H,1-5H2. The monoisotopic (exact) mass is 194 g/mol. The predicted molar refractivity (Wildman–Crippen MR) is 43.6 cm³/mol. The summed E-state index contributed by atoms with van der Waals surface area (Å²) in [6, 6.07) is 0. The molecule has 0 saturated heterocycles. The van der Waals surface area contributed by atoms with Crippen LogP contribution in [-0.2, 0) is 0 Å². The maximum absolute atomic E-state index is 10.4. The Morgan fingerprint density at radius 3 is 1.92 bits per heavy atom. The molecule has 0 saturated carbocycles. The van der Waals surface area contributed by atoms with Gasteiger partial charge in [0.05, 0.1) is 13.2 Å². The summed E-state index contributed by atoms with van der Waals surface area (Å²) in [5.74, 6) is 0. The summed E-state index contributed by atoms with van der Waals surface area (Å²) >= 11 is 0. The summed E-state index contributed by atoms with van der Waals surface area (Å²) in [6.07, 6.45) is -1.25. The van der Waals surface area contributed by atoms with Gasteiger partial charge in [-0.2, -0.15) is 0 Å². The Morgan fingerprint density at radius 1 is 1.23 bits per heavy atom. The predicted octanol–water partition coefficient (Wildman–Crippen LogP) is -2.13. The highest BCUT2D eigenvalue weighted by atomic mass is 16.6. The molecule has 0 amide bonds. The summed E-state index contributed by atoms with van der Waals surface area (Å²) < 4.78 is 0. The van der Waals surface area contributed by atoms with Crippen molar-refractivity contribution in [2.75, 3.05) is 32.9 Å². The molecule has 0 rings (SSSR count). The van der Waals surface area contributed by atoms with E-state index in [0.29, 0.717) is 0 Å². The van der Waals surface area contributed by atoms with E-state index in [4.69, 9.17) is 15.3 Å². The Morgan fingerprint density at radius 2 is 1.69 bits per heavy atom. The van der Waals surface area contributed by atoms with Gasteiger partial charge in [-0.1, -0.05) is 0 Å². The Hall–Kier alpha value is -0.760. The highest BCUT2D eigenvalue weighted by Crippen LogP contribution is 1.98. The fourth-order valence-electron chi connectivity index (χ4n) is 0.982. The molecule has 1 atom stereocenters. The van der Waals surface area contributed by atoms with Crippen LogP contribution in [0.2, 0.25) is 0 Å². The molecule has 0 heterocycles. The number of hydrogen-bond acceptors (Lipinski definition) is 6. The van der Waals surface area contributed by atoms with Crippen LogP contribution in [0.25, 0.3) is 0 Å². The lowest BCUT2D eigenvalue weighted by molar-refractivity contribution is -0.554. The second-order valence-electron chi connectivity index (χ2n) is 2.43. The average Bonchev–Trinajstić information content (AvgIpc) is 2.05. The van der Waals surface area contributed by atoms with Gasteiger partial charge in [-0.25, -0.2) is 4.90 Å². The van der Waals surface area contributed by atoms with E-state index in [1.807, 2.05) is 0 Å². The largest absolute Gasteiger partial charge is 0.395 e. The van der Waals surface area contributed by atoms with Gasteiger partial charge in [0.1, 0.15) is 6.61 Å². The molecule has 0 aliphatic rings. The van der Waals surface area contributed by atoms with Gasteiger partial charge in [0, 0.05) is 18.0 Å². The zero-order chi connectivity index (χ0) is 10.3. The number of rotatable bonds is 7. The van der Waals surface area contributed by atoms with Crippen molar-refractivity contribution in [2.24, 2.45) is 0 Å². The van der Waals surface area contributed by atoms with E-state index in [0.717, 1.165) is 0 Å². The quantitative estimate of drug-likeness (QED) is 0.243. The van der Waals surface area contributed by atoms with Gasteiger partial charge in [-0.05, 0) is 0 Å². The van der Waals surface area contributed by atoms with Gasteiger partial charge in [-0.15, -0.1) is 0 Å². The Kier molecular flexibility index (Phi) is 6.33. The molecule has 13 heavy (non-hydrogen) atoms. The molecule has 0 aliphatic heterocycles. The SMILES string of the molecule is O=[N+]([O-])C(CO)N(CCO)CCO. The van der Waals surface area contributed by atoms with Crippen molar-refractivity contribution in [3.05, 3.63) is 10.1 Å². The first-order valence-corrected chi connectivity index (χ1v) is 3.87. The molecule has 7 nitrogen and oxygen atoms in total. The lowest BCUT2D eigenvalue weighted by Gasteiger charge is -2.22. The molecule has 0 radical (unpaired) electrons. The number of hydrogen-bond donors (Lipinski definition) is 3. The van der Waals surface area contributed by atoms with Crippen LogP contribution in [0.5, 0.6) is 0 Å². The number of nitrogens with zero attached hydrogens (tertiary/aromatic N) is 2. The van der Waals surface area contributed by atoms with Gasteiger partial charge in [0.15, 0.2) is 0 Å². The minimum atomic E-state index is -1.25. The first-order chi connectivity index (χ1) is 6.17. The topological polar surface area (TPSA) is 107 Å². The summed E-state index contributed by atoms with van der Waals surface area (Å²) in [5.41, 5.74) is 0. The third-order valence-electron chi connectivity index (χ3n) is 1.60. The van der Waals surface area contributed by atoms with Crippen molar-refractivity contribution in [3.63, 3.8) is 0 Å². The smallest absolute Gasteiger partial charge is 0.291 e. The number of aliphatic hydroxyl groups excluding tert-OH is 3. The van der Waals surface area contributed by atoms with Gasteiger partial charge in [0.25, 0.3) is 6.17 Å². The van der Waals surface area contributed by atoms with Crippen molar-refractivity contribution < 1.29 is 20.2 Å². The van der Waals surface area contributed by atoms with E-state index in [-0.39, 0.29) is 26.3 Å². The normalized spacial score (nSPS) is 13.2. The van der Waals surface area contributed by atoms with Gasteiger partial charge in [0.2, 0.25) is 0 Å². The van der Waals surface area contributed by atoms with E-state index >= 15 is 0 Å². The minimum absolute atomic E-state index is 0.0623. The van der Waals surface area contributed by atoms with Crippen molar-refractivity contribution in [3.8, 4) is 0 Å². The maximum atomic E-state index is 10.4. The third-order valence-corrected chi connectivity index (χ3v) is 1.60. The molecule has 0 aromatic carbocycles. The summed E-state index contributed by atoms with van der Waals surface area (Å²) in [5, 5.41) is 36.2. The molecular formula is C6H14N2O5. The molecule has 0 spiro atoms. The molecule has 78 valence electrons. The van der Waals surface area contributed by atoms with Gasteiger partial charge in [-0.3, -0.25) is 10.1 Å². The van der Waals surface area contributed by atoms with Crippen molar-refractivity contribution in [1.82, 2.24) is 4.90 Å². The zero-order valence-corrected chi connectivity index (χ0v) is 7.17. The van der Waals surface area contributed by atoms with Crippen LogP contribution in [0.15, 0.2) is 0 Å². The molecular weight excluding hydrogens is 180 g/mol. The lowest BCUT2D eigenvalue weighted by atomic mass is 10.4. The molecule has 0 aromatic heterocycles. The van der Waals surface area contributed by atoms with E-state index in [9.17, 15) is 10.1 Å². The fraction of sp³-hybridized carbons (Fsp3) is 1.00. The zero-order valence-electron chi connectivity index (χ0n) is 7.17. The van der Waals surface area contributed by atoms with Crippen LogP contribution in [0.4, 0.5) is 0 Å². The molecule has 0 fully saturated rings. The summed E-state index contributed by atoms with van der Waals surface area (Å²) in [6.45, 7) is -0.999. The van der Waals surface area contributed by atoms with Crippen molar-refractivity contribution in [2.45, 2.75) is 6.17 Å². The van der Waals surface area contributed by atoms with E-state index < -0.39 is 17.7 Å². The molecule has 1 unspecified atom stereocenters. The van der Waals surface area contributed by atoms with E-state index in [2.05, 4.69) is 0 Å². The minimum Gasteiger partial charge on any atom is -0.395 e. The van der Waals surface area contributed by atoms with Crippen molar-refractivity contribution >= 4 is 0 Å². The first kappa shape index (κ1) is 12.2. The van der Waals surface area contributed by atoms with Crippen LogP contribution in [0.1, 0.15) is 0 Å². The summed E-state index contributed by atoms with van der Waals surface area (Å²) in [4.78, 5) is 10.9. The Balaban J connectivity index is 4.20. The summed E-state index contributed by atoms with van der Waals surface area (Å²) in [7, 11) is 0. The Labute approximate surface area is 75.4 Å². The first-order valence-electron chi connectivity index (χ1n) is 3.87. The van der Waals surface area contributed by atoms with E-state index in [1.54, 1.807) is 0 Å².